The summed E-state index contributed by atoms with van der Waals surface area (Å²) >= 11 is 0. The summed E-state index contributed by atoms with van der Waals surface area (Å²) in [5.74, 6) is 0. The first-order valence-electron chi connectivity index (χ1n) is 13.4. The van der Waals surface area contributed by atoms with Crippen molar-refractivity contribution in [1.29, 1.82) is 0 Å². The van der Waals surface area contributed by atoms with Crippen LogP contribution in [-0.2, 0) is 0 Å². The van der Waals surface area contributed by atoms with Gasteiger partial charge in [0.25, 0.3) is 0 Å². The number of rotatable bonds is 22. The van der Waals surface area contributed by atoms with Gasteiger partial charge in [-0.15, -0.1) is 0 Å². The van der Waals surface area contributed by atoms with Gasteiger partial charge in [-0.3, -0.25) is 4.98 Å². The van der Waals surface area contributed by atoms with Gasteiger partial charge < -0.3 is 0 Å². The molecule has 1 aromatic rings. The zero-order valence-corrected chi connectivity index (χ0v) is 20.3. The van der Waals surface area contributed by atoms with E-state index in [4.69, 9.17) is 0 Å². The predicted molar refractivity (Wildman–Crippen MR) is 136 cm³/mol. The fourth-order valence-electron chi connectivity index (χ4n) is 4.33. The highest BCUT2D eigenvalue weighted by atomic mass is 14.6. The lowest BCUT2D eigenvalue weighted by molar-refractivity contribution is 0.522. The molecule has 0 unspecified atom stereocenters. The first-order valence-corrected chi connectivity index (χ1v) is 13.4. The molecule has 0 amide bonds. The molecule has 1 rings (SSSR count). The van der Waals surface area contributed by atoms with Crippen molar-refractivity contribution in [2.75, 3.05) is 0 Å². The number of allylic oxidation sites excluding steroid dienone is 1. The average Bonchev–Trinajstić information content (AvgIpc) is 2.78. The van der Waals surface area contributed by atoms with Gasteiger partial charge in [-0.1, -0.05) is 135 Å². The van der Waals surface area contributed by atoms with Crippen molar-refractivity contribution < 1.29 is 0 Å². The van der Waals surface area contributed by atoms with Crippen molar-refractivity contribution in [2.24, 2.45) is 0 Å². The Morgan fingerprint density at radius 2 is 0.900 bits per heavy atom. The molecule has 0 saturated carbocycles. The number of unbranched alkanes of at least 4 members (excludes halogenated alkanes) is 19. The van der Waals surface area contributed by atoms with Gasteiger partial charge in [0.2, 0.25) is 0 Å². The second-order valence-electron chi connectivity index (χ2n) is 9.31. The molecule has 0 spiro atoms. The summed E-state index contributed by atoms with van der Waals surface area (Å²) in [6.07, 6.45) is 33.6. The minimum absolute atomic E-state index is 1.13. The number of hydrogen-bond acceptors (Lipinski definition) is 1. The highest BCUT2D eigenvalue weighted by molar-refractivity contribution is 5.62. The molecular formula is C29H51N. The molecular weight excluding hydrogens is 362 g/mol. The van der Waals surface area contributed by atoms with Crippen LogP contribution in [0.3, 0.4) is 0 Å². The van der Waals surface area contributed by atoms with E-state index in [0.29, 0.717) is 0 Å². The molecule has 0 N–H and O–H groups in total. The summed E-state index contributed by atoms with van der Waals surface area (Å²) in [7, 11) is 0. The van der Waals surface area contributed by atoms with E-state index in [2.05, 4.69) is 30.6 Å². The maximum atomic E-state index is 4.22. The van der Waals surface area contributed by atoms with Gasteiger partial charge in [0.15, 0.2) is 0 Å². The Morgan fingerprint density at radius 3 is 1.27 bits per heavy atom. The van der Waals surface area contributed by atoms with Gasteiger partial charge in [-0.05, 0) is 36.1 Å². The average molecular weight is 414 g/mol. The standard InChI is InChI=1S/C29H51N/c1-3-4-5-6-7-8-9-10-11-12-13-14-15-16-17-18-19-20-21-22-23-28(2)29-24-26-30-27-25-29/h24-27H,2-23H2,1H3. The van der Waals surface area contributed by atoms with Gasteiger partial charge in [0, 0.05) is 12.4 Å². The Morgan fingerprint density at radius 1 is 0.567 bits per heavy atom. The van der Waals surface area contributed by atoms with Crippen molar-refractivity contribution in [2.45, 2.75) is 142 Å². The van der Waals surface area contributed by atoms with E-state index in [9.17, 15) is 0 Å². The number of aromatic nitrogens is 1. The van der Waals surface area contributed by atoms with E-state index in [1.165, 1.54) is 140 Å². The molecule has 30 heavy (non-hydrogen) atoms. The van der Waals surface area contributed by atoms with Crippen molar-refractivity contribution in [3.8, 4) is 0 Å². The number of hydrogen-bond donors (Lipinski definition) is 0. The minimum Gasteiger partial charge on any atom is -0.265 e. The highest BCUT2D eigenvalue weighted by Gasteiger charge is 1.99. The second-order valence-corrected chi connectivity index (χ2v) is 9.31. The van der Waals surface area contributed by atoms with Crippen LogP contribution in [0, 0.1) is 0 Å². The Labute approximate surface area is 189 Å². The van der Waals surface area contributed by atoms with Gasteiger partial charge in [-0.2, -0.15) is 0 Å². The first kappa shape index (κ1) is 26.9. The molecule has 0 saturated heterocycles. The quantitative estimate of drug-likeness (QED) is 0.172. The molecule has 0 radical (unpaired) electrons. The number of nitrogens with zero attached hydrogens (tertiary/aromatic N) is 1. The number of pyridine rings is 1. The van der Waals surface area contributed by atoms with Gasteiger partial charge >= 0.3 is 0 Å². The van der Waals surface area contributed by atoms with Crippen LogP contribution in [0.4, 0.5) is 0 Å². The Bertz CT molecular complexity index is 478. The van der Waals surface area contributed by atoms with Gasteiger partial charge in [0.1, 0.15) is 0 Å². The molecule has 0 bridgehead atoms. The molecule has 0 aliphatic heterocycles. The third-order valence-corrected chi connectivity index (χ3v) is 6.42. The lowest BCUT2D eigenvalue weighted by Crippen LogP contribution is -1.86. The van der Waals surface area contributed by atoms with Crippen LogP contribution in [0.15, 0.2) is 31.1 Å². The molecule has 1 aromatic heterocycles. The fourth-order valence-corrected chi connectivity index (χ4v) is 4.33. The first-order chi connectivity index (χ1) is 14.8. The Hall–Kier alpha value is -1.11. The highest BCUT2D eigenvalue weighted by Crippen LogP contribution is 2.19. The maximum absolute atomic E-state index is 4.22. The van der Waals surface area contributed by atoms with E-state index in [-0.39, 0.29) is 0 Å². The van der Waals surface area contributed by atoms with Crippen molar-refractivity contribution >= 4 is 5.57 Å². The van der Waals surface area contributed by atoms with E-state index in [1.54, 1.807) is 0 Å². The minimum atomic E-state index is 1.13. The summed E-state index contributed by atoms with van der Waals surface area (Å²) in [6.45, 7) is 6.52. The molecule has 172 valence electrons. The SMILES string of the molecule is C=C(CCCCCCCCCCCCCCCCCCCCCC)c1ccncc1. The smallest absolute Gasteiger partial charge is 0.0273 e. The van der Waals surface area contributed by atoms with Crippen molar-refractivity contribution in [3.63, 3.8) is 0 Å². The molecule has 0 aromatic carbocycles. The molecule has 0 aliphatic rings. The van der Waals surface area contributed by atoms with E-state index in [0.717, 1.165) is 6.42 Å². The van der Waals surface area contributed by atoms with E-state index < -0.39 is 0 Å². The third-order valence-electron chi connectivity index (χ3n) is 6.42. The van der Waals surface area contributed by atoms with Crippen LogP contribution < -0.4 is 0 Å². The van der Waals surface area contributed by atoms with Crippen LogP contribution in [0.5, 0.6) is 0 Å². The van der Waals surface area contributed by atoms with Crippen molar-refractivity contribution in [1.82, 2.24) is 4.98 Å². The molecule has 0 aliphatic carbocycles. The fraction of sp³-hybridized carbons (Fsp3) is 0.759. The molecule has 1 nitrogen and oxygen atoms in total. The Kier molecular flexibility index (Phi) is 19.0. The second kappa shape index (κ2) is 21.1. The maximum Gasteiger partial charge on any atom is 0.0273 e. The van der Waals surface area contributed by atoms with Crippen LogP contribution >= 0.6 is 0 Å². The molecule has 0 fully saturated rings. The van der Waals surface area contributed by atoms with Crippen LogP contribution in [0.25, 0.3) is 5.57 Å². The molecule has 1 heteroatoms. The molecule has 0 atom stereocenters. The summed E-state index contributed by atoms with van der Waals surface area (Å²) < 4.78 is 0. The largest absolute Gasteiger partial charge is 0.265 e. The summed E-state index contributed by atoms with van der Waals surface area (Å²) in [5, 5.41) is 0. The molecule has 1 heterocycles. The van der Waals surface area contributed by atoms with Crippen LogP contribution in [0.1, 0.15) is 147 Å². The van der Waals surface area contributed by atoms with E-state index in [1.807, 2.05) is 12.4 Å². The van der Waals surface area contributed by atoms with Crippen molar-refractivity contribution in [3.05, 3.63) is 36.7 Å². The summed E-state index contributed by atoms with van der Waals surface area (Å²) in [5.41, 5.74) is 2.52. The topological polar surface area (TPSA) is 12.9 Å². The van der Waals surface area contributed by atoms with Gasteiger partial charge in [0.05, 0.1) is 0 Å². The summed E-state index contributed by atoms with van der Waals surface area (Å²) in [4.78, 5) is 4.08. The third kappa shape index (κ3) is 16.7. The zero-order chi connectivity index (χ0) is 21.5. The predicted octanol–water partition coefficient (Wildman–Crippen LogP) is 10.3. The van der Waals surface area contributed by atoms with Crippen LogP contribution in [-0.4, -0.2) is 4.98 Å². The normalized spacial score (nSPS) is 11.1. The Balaban J connectivity index is 1.71. The van der Waals surface area contributed by atoms with Gasteiger partial charge in [-0.25, -0.2) is 0 Å². The lowest BCUT2D eigenvalue weighted by Gasteiger charge is -2.06. The zero-order valence-electron chi connectivity index (χ0n) is 20.3. The van der Waals surface area contributed by atoms with E-state index >= 15 is 0 Å². The lowest BCUT2D eigenvalue weighted by atomic mass is 10.0. The monoisotopic (exact) mass is 413 g/mol. The summed E-state index contributed by atoms with van der Waals surface area (Å²) in [6, 6.07) is 4.14. The van der Waals surface area contributed by atoms with Crippen LogP contribution in [0.2, 0.25) is 0 Å².